The van der Waals surface area contributed by atoms with Crippen LogP contribution >= 0.6 is 11.6 Å². The van der Waals surface area contributed by atoms with Crippen molar-refractivity contribution in [1.82, 2.24) is 24.9 Å². The Morgan fingerprint density at radius 3 is 2.44 bits per heavy atom. The second kappa shape index (κ2) is 10.6. The Hall–Kier alpha value is -2.98. The molecule has 0 radical (unpaired) electrons. The van der Waals surface area contributed by atoms with Crippen molar-refractivity contribution >= 4 is 35.1 Å². The van der Waals surface area contributed by atoms with E-state index in [1.807, 2.05) is 30.0 Å². The van der Waals surface area contributed by atoms with Gasteiger partial charge in [0, 0.05) is 49.7 Å². The number of nitrogens with one attached hydrogen (secondary N) is 2. The zero-order valence-corrected chi connectivity index (χ0v) is 22.0. The highest BCUT2D eigenvalue weighted by molar-refractivity contribution is 6.30. The number of hydrogen-bond donors (Lipinski definition) is 2. The van der Waals surface area contributed by atoms with Crippen LogP contribution in [0.4, 0.5) is 10.5 Å². The monoisotopic (exact) mass is 518 g/mol. The average Bonchev–Trinajstić information content (AvgIpc) is 3.35. The average molecular weight is 519 g/mol. The lowest BCUT2D eigenvalue weighted by Gasteiger charge is -2.41. The molecule has 0 bridgehead atoms. The molecule has 11 heteroatoms. The summed E-state index contributed by atoms with van der Waals surface area (Å²) in [5.74, 6) is -0.143. The first-order chi connectivity index (χ1) is 17.1. The number of anilines is 1. The third-order valence-corrected chi connectivity index (χ3v) is 7.19. The van der Waals surface area contributed by atoms with E-state index in [0.717, 1.165) is 5.70 Å². The fraction of sp³-hybridized carbons (Fsp3) is 0.560. The van der Waals surface area contributed by atoms with Gasteiger partial charge in [-0.1, -0.05) is 11.6 Å². The predicted octanol–water partition coefficient (Wildman–Crippen LogP) is 2.48. The highest BCUT2D eigenvalue weighted by atomic mass is 35.5. The summed E-state index contributed by atoms with van der Waals surface area (Å²) < 4.78 is 5.86. The molecule has 2 saturated heterocycles. The van der Waals surface area contributed by atoms with Crippen LogP contribution in [-0.4, -0.2) is 95.2 Å². The number of urea groups is 1. The number of halogens is 1. The maximum absolute atomic E-state index is 13.6. The van der Waals surface area contributed by atoms with Gasteiger partial charge in [0.25, 0.3) is 5.91 Å². The van der Waals surface area contributed by atoms with E-state index in [2.05, 4.69) is 15.5 Å². The normalized spacial score (nSPS) is 19.4. The van der Waals surface area contributed by atoms with Crippen molar-refractivity contribution in [1.29, 1.82) is 0 Å². The smallest absolute Gasteiger partial charge is 0.319 e. The fourth-order valence-corrected chi connectivity index (χ4v) is 5.19. The van der Waals surface area contributed by atoms with Crippen molar-refractivity contribution in [2.45, 2.75) is 51.3 Å². The van der Waals surface area contributed by atoms with Crippen LogP contribution in [0.15, 0.2) is 36.2 Å². The number of carbonyl (C=O) groups excluding carboxylic acids is 3. The van der Waals surface area contributed by atoms with E-state index in [1.165, 1.54) is 0 Å². The number of rotatable bonds is 7. The highest BCUT2D eigenvalue weighted by Gasteiger charge is 2.43. The summed E-state index contributed by atoms with van der Waals surface area (Å²) in [5.41, 5.74) is 0.384. The molecule has 2 N–H and O–H groups in total. The van der Waals surface area contributed by atoms with Crippen molar-refractivity contribution in [3.05, 3.63) is 41.2 Å². The van der Waals surface area contributed by atoms with Crippen molar-refractivity contribution in [2.75, 3.05) is 45.4 Å². The number of carbonyl (C=O) groups is 3. The van der Waals surface area contributed by atoms with E-state index < -0.39 is 17.7 Å². The van der Waals surface area contributed by atoms with Crippen molar-refractivity contribution in [2.24, 2.45) is 0 Å². The zero-order chi connectivity index (χ0) is 26.0. The Kier molecular flexibility index (Phi) is 7.65. The molecule has 0 spiro atoms. The van der Waals surface area contributed by atoms with Crippen molar-refractivity contribution < 1.29 is 19.1 Å². The summed E-state index contributed by atoms with van der Waals surface area (Å²) in [7, 11) is 1.96. The lowest BCUT2D eigenvalue weighted by Crippen LogP contribution is -2.61. The number of hydrogen-bond acceptors (Lipinski definition) is 6. The molecule has 4 amide bonds. The van der Waals surface area contributed by atoms with Gasteiger partial charge in [-0.2, -0.15) is 0 Å². The third kappa shape index (κ3) is 5.54. The van der Waals surface area contributed by atoms with E-state index in [-0.39, 0.29) is 17.9 Å². The number of nitrogens with zero attached hydrogens (tertiary/aromatic N) is 4. The first-order valence-electron chi connectivity index (χ1n) is 12.3. The van der Waals surface area contributed by atoms with E-state index >= 15 is 0 Å². The van der Waals surface area contributed by atoms with Gasteiger partial charge in [0.1, 0.15) is 11.7 Å². The number of amides is 4. The summed E-state index contributed by atoms with van der Waals surface area (Å²) in [6, 6.07) is 5.43. The van der Waals surface area contributed by atoms with Crippen molar-refractivity contribution in [3.8, 4) is 0 Å². The summed E-state index contributed by atoms with van der Waals surface area (Å²) >= 11 is 5.92. The third-order valence-electron chi connectivity index (χ3n) is 6.93. The van der Waals surface area contributed by atoms with Crippen LogP contribution in [0.2, 0.25) is 5.02 Å². The minimum atomic E-state index is -0.922. The molecule has 1 unspecified atom stereocenters. The topological polar surface area (TPSA) is 97.5 Å². The zero-order valence-electron chi connectivity index (χ0n) is 21.3. The minimum Gasteiger partial charge on any atom is -0.373 e. The van der Waals surface area contributed by atoms with Gasteiger partial charge in [0.05, 0.1) is 18.9 Å². The SMILES string of the molecule is CCOC(C)(C)C(NC(=O)Nc1ccc(Cl)cc1)C(=O)N1CCC(N2CN3CN(C)C=C3C2=O)CC1. The summed E-state index contributed by atoms with van der Waals surface area (Å²) in [6.07, 6.45) is 3.27. The van der Waals surface area contributed by atoms with Crippen LogP contribution in [0, 0.1) is 0 Å². The van der Waals surface area contributed by atoms with E-state index in [1.54, 1.807) is 43.0 Å². The summed E-state index contributed by atoms with van der Waals surface area (Å²) in [4.78, 5) is 47.0. The predicted molar refractivity (Wildman–Crippen MR) is 137 cm³/mol. The molecule has 0 aliphatic carbocycles. The van der Waals surface area contributed by atoms with Crippen LogP contribution in [0.3, 0.4) is 0 Å². The maximum Gasteiger partial charge on any atom is 0.319 e. The molecule has 36 heavy (non-hydrogen) atoms. The van der Waals surface area contributed by atoms with E-state index in [0.29, 0.717) is 56.6 Å². The Morgan fingerprint density at radius 2 is 1.83 bits per heavy atom. The van der Waals surface area contributed by atoms with Crippen LogP contribution in [0.1, 0.15) is 33.6 Å². The highest BCUT2D eigenvalue weighted by Crippen LogP contribution is 2.29. The molecule has 10 nitrogen and oxygen atoms in total. The van der Waals surface area contributed by atoms with Gasteiger partial charge in [0.15, 0.2) is 0 Å². The molecular weight excluding hydrogens is 484 g/mol. The maximum atomic E-state index is 13.6. The second-order valence-electron chi connectivity index (χ2n) is 10.0. The van der Waals surface area contributed by atoms with Gasteiger partial charge in [0.2, 0.25) is 5.91 Å². The quantitative estimate of drug-likeness (QED) is 0.575. The van der Waals surface area contributed by atoms with Gasteiger partial charge in [-0.05, 0) is 57.9 Å². The molecule has 2 fully saturated rings. The Morgan fingerprint density at radius 1 is 1.17 bits per heavy atom. The summed E-state index contributed by atoms with van der Waals surface area (Å²) in [5, 5.41) is 6.14. The molecule has 4 rings (SSSR count). The van der Waals surface area contributed by atoms with Gasteiger partial charge >= 0.3 is 6.03 Å². The fourth-order valence-electron chi connectivity index (χ4n) is 5.06. The molecule has 3 aliphatic rings. The van der Waals surface area contributed by atoms with E-state index in [4.69, 9.17) is 16.3 Å². The number of ether oxygens (including phenoxy) is 1. The molecular formula is C25H35ClN6O4. The summed E-state index contributed by atoms with van der Waals surface area (Å²) in [6.45, 7) is 8.17. The van der Waals surface area contributed by atoms with Gasteiger partial charge in [-0.15, -0.1) is 0 Å². The number of fused-ring (bicyclic) bond motifs is 1. The standard InChI is InChI=1S/C25H35ClN6O4/c1-5-36-25(2,3)21(28-24(35)27-18-8-6-17(26)7-9-18)23(34)30-12-10-19(11-13-30)32-16-31-15-29(4)14-20(31)22(32)33/h6-9,14,19,21H,5,10-13,15-16H2,1-4H3,(H2,27,28,35). The van der Waals surface area contributed by atoms with Crippen LogP contribution in [0.25, 0.3) is 0 Å². The second-order valence-corrected chi connectivity index (χ2v) is 10.4. The number of likely N-dealkylation sites (tertiary alicyclic amines) is 1. The molecule has 0 saturated carbocycles. The molecule has 3 aliphatic heterocycles. The van der Waals surface area contributed by atoms with E-state index in [9.17, 15) is 14.4 Å². The largest absolute Gasteiger partial charge is 0.373 e. The minimum absolute atomic E-state index is 0.0556. The van der Waals surface area contributed by atoms with Crippen LogP contribution in [0.5, 0.6) is 0 Å². The van der Waals surface area contributed by atoms with Crippen LogP contribution in [-0.2, 0) is 14.3 Å². The Labute approximate surface area is 217 Å². The molecule has 196 valence electrons. The molecule has 1 aromatic carbocycles. The van der Waals surface area contributed by atoms with Gasteiger partial charge in [-0.25, -0.2) is 4.79 Å². The lowest BCUT2D eigenvalue weighted by molar-refractivity contribution is -0.143. The molecule has 1 aromatic rings. The molecule has 1 atom stereocenters. The van der Waals surface area contributed by atoms with Gasteiger partial charge in [-0.3, -0.25) is 9.59 Å². The van der Waals surface area contributed by atoms with Crippen molar-refractivity contribution in [3.63, 3.8) is 0 Å². The van der Waals surface area contributed by atoms with Crippen LogP contribution < -0.4 is 10.6 Å². The first kappa shape index (κ1) is 26.1. The molecule has 0 aromatic heterocycles. The molecule has 3 heterocycles. The lowest BCUT2D eigenvalue weighted by atomic mass is 9.95. The van der Waals surface area contributed by atoms with Gasteiger partial charge < -0.3 is 35.0 Å². The Balaban J connectivity index is 1.39. The Bertz CT molecular complexity index is 1020. The first-order valence-corrected chi connectivity index (χ1v) is 12.7. The number of benzene rings is 1. The number of piperidine rings is 1.